The van der Waals surface area contributed by atoms with E-state index in [1.807, 2.05) is 36.1 Å². The largest absolute Gasteiger partial charge is 0.324 e. The summed E-state index contributed by atoms with van der Waals surface area (Å²) in [4.78, 5) is 8.34. The van der Waals surface area contributed by atoms with E-state index in [2.05, 4.69) is 36.3 Å². The Labute approximate surface area is 112 Å². The van der Waals surface area contributed by atoms with E-state index in [0.717, 1.165) is 21.1 Å². The van der Waals surface area contributed by atoms with Crippen molar-refractivity contribution >= 4 is 38.5 Å². The third-order valence-electron chi connectivity index (χ3n) is 2.62. The van der Waals surface area contributed by atoms with Crippen molar-refractivity contribution in [2.24, 2.45) is 7.05 Å². The summed E-state index contributed by atoms with van der Waals surface area (Å²) < 4.78 is 2.70. The molecule has 0 spiro atoms. The molecule has 6 heteroatoms. The van der Waals surface area contributed by atoms with Crippen molar-refractivity contribution in [2.75, 3.05) is 5.32 Å². The standard InChI is InChI=1S/C12H10BrN5/c1-18-11-3-2-10(4-8(11)5-16-18)17-12-14-6-9(13)7-15-12/h2-7H,1H3,(H,14,15,17). The number of hydrogen-bond acceptors (Lipinski definition) is 4. The monoisotopic (exact) mass is 303 g/mol. The molecule has 5 nitrogen and oxygen atoms in total. The molecule has 1 N–H and O–H groups in total. The van der Waals surface area contributed by atoms with Crippen molar-refractivity contribution in [3.8, 4) is 0 Å². The molecule has 0 aliphatic carbocycles. The second-order valence-corrected chi connectivity index (χ2v) is 4.81. The van der Waals surface area contributed by atoms with E-state index in [4.69, 9.17) is 0 Å². The van der Waals surface area contributed by atoms with E-state index in [1.54, 1.807) is 12.4 Å². The Morgan fingerprint density at radius 1 is 1.17 bits per heavy atom. The fourth-order valence-corrected chi connectivity index (χ4v) is 1.95. The highest BCUT2D eigenvalue weighted by Gasteiger charge is 2.02. The van der Waals surface area contributed by atoms with E-state index >= 15 is 0 Å². The topological polar surface area (TPSA) is 55.6 Å². The molecule has 0 bridgehead atoms. The number of rotatable bonds is 2. The Balaban J connectivity index is 1.92. The van der Waals surface area contributed by atoms with Gasteiger partial charge in [0, 0.05) is 30.5 Å². The molecule has 0 amide bonds. The number of anilines is 2. The molecule has 0 aliphatic rings. The Bertz CT molecular complexity index is 689. The number of halogens is 1. The van der Waals surface area contributed by atoms with E-state index in [9.17, 15) is 0 Å². The number of fused-ring (bicyclic) bond motifs is 1. The summed E-state index contributed by atoms with van der Waals surface area (Å²) in [5, 5.41) is 8.44. The van der Waals surface area contributed by atoms with Crippen LogP contribution in [0.25, 0.3) is 10.9 Å². The van der Waals surface area contributed by atoms with Gasteiger partial charge < -0.3 is 5.32 Å². The highest BCUT2D eigenvalue weighted by atomic mass is 79.9. The first-order valence-corrected chi connectivity index (χ1v) is 6.18. The molecule has 18 heavy (non-hydrogen) atoms. The van der Waals surface area contributed by atoms with Crippen LogP contribution in [0.2, 0.25) is 0 Å². The first-order chi connectivity index (χ1) is 8.72. The van der Waals surface area contributed by atoms with Crippen LogP contribution in [-0.2, 0) is 7.05 Å². The van der Waals surface area contributed by atoms with E-state index in [-0.39, 0.29) is 0 Å². The number of hydrogen-bond donors (Lipinski definition) is 1. The highest BCUT2D eigenvalue weighted by molar-refractivity contribution is 9.10. The van der Waals surface area contributed by atoms with E-state index < -0.39 is 0 Å². The predicted molar refractivity (Wildman–Crippen MR) is 73.7 cm³/mol. The van der Waals surface area contributed by atoms with Crippen molar-refractivity contribution in [3.05, 3.63) is 41.3 Å². The number of aromatic nitrogens is 4. The van der Waals surface area contributed by atoms with Gasteiger partial charge in [0.15, 0.2) is 0 Å². The van der Waals surface area contributed by atoms with Gasteiger partial charge in [-0.15, -0.1) is 0 Å². The van der Waals surface area contributed by atoms with Gasteiger partial charge in [-0.05, 0) is 34.1 Å². The normalized spacial score (nSPS) is 10.8. The molecule has 0 aliphatic heterocycles. The van der Waals surface area contributed by atoms with Crippen molar-refractivity contribution in [2.45, 2.75) is 0 Å². The van der Waals surface area contributed by atoms with Crippen LogP contribution in [0, 0.1) is 0 Å². The molecule has 0 radical (unpaired) electrons. The van der Waals surface area contributed by atoms with Crippen molar-refractivity contribution in [1.29, 1.82) is 0 Å². The fourth-order valence-electron chi connectivity index (χ4n) is 1.75. The average molecular weight is 304 g/mol. The zero-order valence-corrected chi connectivity index (χ0v) is 11.2. The fraction of sp³-hybridized carbons (Fsp3) is 0.0833. The summed E-state index contributed by atoms with van der Waals surface area (Å²) in [6, 6.07) is 6.02. The third kappa shape index (κ3) is 2.06. The second kappa shape index (κ2) is 4.38. The third-order valence-corrected chi connectivity index (χ3v) is 3.03. The molecule has 2 aromatic heterocycles. The lowest BCUT2D eigenvalue weighted by atomic mass is 10.2. The minimum Gasteiger partial charge on any atom is -0.324 e. The number of benzene rings is 1. The SMILES string of the molecule is Cn1ncc2cc(Nc3ncc(Br)cn3)ccc21. The maximum Gasteiger partial charge on any atom is 0.227 e. The van der Waals surface area contributed by atoms with Crippen LogP contribution >= 0.6 is 15.9 Å². The minimum absolute atomic E-state index is 0.571. The van der Waals surface area contributed by atoms with Gasteiger partial charge in [0.1, 0.15) is 0 Å². The lowest BCUT2D eigenvalue weighted by Crippen LogP contribution is -1.96. The number of nitrogens with one attached hydrogen (secondary N) is 1. The van der Waals surface area contributed by atoms with Crippen molar-refractivity contribution in [1.82, 2.24) is 19.7 Å². The van der Waals surface area contributed by atoms with Gasteiger partial charge in [-0.25, -0.2) is 9.97 Å². The number of aryl methyl sites for hydroxylation is 1. The molecule has 3 aromatic rings. The molecule has 0 unspecified atom stereocenters. The Kier molecular flexibility index (Phi) is 2.71. The van der Waals surface area contributed by atoms with Crippen LogP contribution in [-0.4, -0.2) is 19.7 Å². The summed E-state index contributed by atoms with van der Waals surface area (Å²) in [5.74, 6) is 0.571. The number of nitrogens with zero attached hydrogens (tertiary/aromatic N) is 4. The molecule has 2 heterocycles. The molecule has 0 fully saturated rings. The molecule has 0 saturated heterocycles. The van der Waals surface area contributed by atoms with Crippen LogP contribution in [0.4, 0.5) is 11.6 Å². The summed E-state index contributed by atoms with van der Waals surface area (Å²) in [6.45, 7) is 0. The Hall–Kier alpha value is -1.95. The smallest absolute Gasteiger partial charge is 0.227 e. The second-order valence-electron chi connectivity index (χ2n) is 3.89. The molecule has 90 valence electrons. The van der Waals surface area contributed by atoms with E-state index in [0.29, 0.717) is 5.95 Å². The average Bonchev–Trinajstić information content (AvgIpc) is 2.74. The van der Waals surface area contributed by atoms with Crippen molar-refractivity contribution < 1.29 is 0 Å². The molecule has 1 aromatic carbocycles. The van der Waals surface area contributed by atoms with Gasteiger partial charge in [0.25, 0.3) is 0 Å². The molecular weight excluding hydrogens is 294 g/mol. The van der Waals surface area contributed by atoms with Gasteiger partial charge in [0.05, 0.1) is 16.2 Å². The minimum atomic E-state index is 0.571. The van der Waals surface area contributed by atoms with Crippen LogP contribution in [0.5, 0.6) is 0 Å². The Morgan fingerprint density at radius 3 is 2.72 bits per heavy atom. The van der Waals surface area contributed by atoms with Gasteiger partial charge in [-0.2, -0.15) is 5.10 Å². The van der Waals surface area contributed by atoms with Gasteiger partial charge in [-0.3, -0.25) is 4.68 Å². The first kappa shape index (κ1) is 11.2. The van der Waals surface area contributed by atoms with Crippen LogP contribution in [0.15, 0.2) is 41.3 Å². The van der Waals surface area contributed by atoms with Gasteiger partial charge in [-0.1, -0.05) is 0 Å². The van der Waals surface area contributed by atoms with Crippen molar-refractivity contribution in [3.63, 3.8) is 0 Å². The lowest BCUT2D eigenvalue weighted by molar-refractivity contribution is 0.797. The van der Waals surface area contributed by atoms with Crippen LogP contribution in [0.1, 0.15) is 0 Å². The first-order valence-electron chi connectivity index (χ1n) is 5.39. The summed E-state index contributed by atoms with van der Waals surface area (Å²) in [7, 11) is 1.92. The lowest BCUT2D eigenvalue weighted by Gasteiger charge is -2.04. The summed E-state index contributed by atoms with van der Waals surface area (Å²) in [5.41, 5.74) is 2.04. The van der Waals surface area contributed by atoms with Crippen LogP contribution < -0.4 is 5.32 Å². The van der Waals surface area contributed by atoms with E-state index in [1.165, 1.54) is 0 Å². The zero-order chi connectivity index (χ0) is 12.5. The summed E-state index contributed by atoms with van der Waals surface area (Å²) in [6.07, 6.45) is 5.25. The molecule has 0 saturated carbocycles. The van der Waals surface area contributed by atoms with Crippen LogP contribution in [0.3, 0.4) is 0 Å². The maximum atomic E-state index is 4.21. The van der Waals surface area contributed by atoms with Gasteiger partial charge in [0.2, 0.25) is 5.95 Å². The highest BCUT2D eigenvalue weighted by Crippen LogP contribution is 2.20. The zero-order valence-electron chi connectivity index (χ0n) is 9.63. The maximum absolute atomic E-state index is 4.21. The Morgan fingerprint density at radius 2 is 1.94 bits per heavy atom. The molecule has 0 atom stereocenters. The molecular formula is C12H10BrN5. The molecule has 3 rings (SSSR count). The summed E-state index contributed by atoms with van der Waals surface area (Å²) >= 11 is 3.30. The van der Waals surface area contributed by atoms with Gasteiger partial charge >= 0.3 is 0 Å². The quantitative estimate of drug-likeness (QED) is 0.791. The predicted octanol–water partition coefficient (Wildman–Crippen LogP) is 2.87.